The second-order valence-corrected chi connectivity index (χ2v) is 8.48. The fourth-order valence-corrected chi connectivity index (χ4v) is 4.55. The number of aromatic nitrogens is 3. The number of pyridine rings is 1. The summed E-state index contributed by atoms with van der Waals surface area (Å²) in [6.07, 6.45) is 5.53. The zero-order chi connectivity index (χ0) is 20.9. The summed E-state index contributed by atoms with van der Waals surface area (Å²) in [5, 5.41) is 4.12. The first-order valence-electron chi connectivity index (χ1n) is 9.81. The third-order valence-corrected chi connectivity index (χ3v) is 6.23. The average Bonchev–Trinajstić information content (AvgIpc) is 2.77. The van der Waals surface area contributed by atoms with Crippen molar-refractivity contribution in [3.8, 4) is 0 Å². The van der Waals surface area contributed by atoms with E-state index in [2.05, 4.69) is 15.3 Å². The van der Waals surface area contributed by atoms with Gasteiger partial charge in [-0.25, -0.2) is 4.79 Å². The van der Waals surface area contributed by atoms with Crippen LogP contribution in [-0.2, 0) is 24.2 Å². The topological polar surface area (TPSA) is 76.9 Å². The predicted octanol–water partition coefficient (Wildman–Crippen LogP) is 3.95. The molecule has 0 atom stereocenters. The number of benzene rings is 1. The molecular formula is C22H21ClN4O2S. The minimum atomic E-state index is -0.290. The number of thioether (sulfide) groups is 1. The van der Waals surface area contributed by atoms with Gasteiger partial charge in [-0.05, 0) is 62.1 Å². The van der Waals surface area contributed by atoms with Crippen molar-refractivity contribution in [1.29, 1.82) is 0 Å². The molecule has 0 spiro atoms. The summed E-state index contributed by atoms with van der Waals surface area (Å²) in [5.41, 5.74) is 3.33. The molecule has 154 valence electrons. The van der Waals surface area contributed by atoms with E-state index in [-0.39, 0.29) is 17.3 Å². The summed E-state index contributed by atoms with van der Waals surface area (Å²) < 4.78 is 1.73. The number of halogens is 1. The van der Waals surface area contributed by atoms with Crippen molar-refractivity contribution in [2.45, 2.75) is 37.3 Å². The Balaban J connectivity index is 1.52. The average molecular weight is 441 g/mol. The molecule has 4 rings (SSSR count). The first-order chi connectivity index (χ1) is 14.6. The Bertz CT molecular complexity index is 1100. The quantitative estimate of drug-likeness (QED) is 0.464. The molecule has 0 saturated carbocycles. The van der Waals surface area contributed by atoms with Crippen LogP contribution in [0.1, 0.15) is 29.8 Å². The fraction of sp³-hybridized carbons (Fsp3) is 0.273. The lowest BCUT2D eigenvalue weighted by molar-refractivity contribution is -0.113. The number of carbonyl (C=O) groups is 1. The van der Waals surface area contributed by atoms with Gasteiger partial charge in [0.05, 0.1) is 18.0 Å². The van der Waals surface area contributed by atoms with Gasteiger partial charge in [0, 0.05) is 28.2 Å². The number of amides is 1. The van der Waals surface area contributed by atoms with Gasteiger partial charge < -0.3 is 5.32 Å². The van der Waals surface area contributed by atoms with E-state index in [0.717, 1.165) is 42.6 Å². The number of anilines is 1. The lowest BCUT2D eigenvalue weighted by atomic mass is 9.97. The Kier molecular flexibility index (Phi) is 6.50. The van der Waals surface area contributed by atoms with E-state index < -0.39 is 0 Å². The van der Waals surface area contributed by atoms with Crippen LogP contribution in [0.5, 0.6) is 0 Å². The standard InChI is InChI=1S/C22H21ClN4O2S/c23-15-8-10-16(11-9-15)25-20(28)14-30-21-18-6-1-2-7-19(18)27(22(29)26-21)13-17-5-3-4-12-24-17/h3-5,8-12H,1-2,6-7,13-14H2,(H,25,28). The molecule has 0 saturated heterocycles. The van der Waals surface area contributed by atoms with Crippen LogP contribution in [0.2, 0.25) is 5.02 Å². The number of hydrogen-bond acceptors (Lipinski definition) is 5. The van der Waals surface area contributed by atoms with Crippen molar-refractivity contribution in [3.63, 3.8) is 0 Å². The van der Waals surface area contributed by atoms with Crippen LogP contribution in [-0.4, -0.2) is 26.2 Å². The van der Waals surface area contributed by atoms with Crippen molar-refractivity contribution in [2.24, 2.45) is 0 Å². The second-order valence-electron chi connectivity index (χ2n) is 7.08. The fourth-order valence-electron chi connectivity index (χ4n) is 3.55. The van der Waals surface area contributed by atoms with Gasteiger partial charge in [-0.1, -0.05) is 29.4 Å². The van der Waals surface area contributed by atoms with Gasteiger partial charge in [-0.2, -0.15) is 4.98 Å². The Labute approximate surface area is 183 Å². The number of hydrogen-bond donors (Lipinski definition) is 1. The number of nitrogens with one attached hydrogen (secondary N) is 1. The van der Waals surface area contributed by atoms with Gasteiger partial charge in [0.25, 0.3) is 0 Å². The summed E-state index contributed by atoms with van der Waals surface area (Å²) in [4.78, 5) is 33.8. The Morgan fingerprint density at radius 2 is 1.93 bits per heavy atom. The minimum absolute atomic E-state index is 0.147. The third-order valence-electron chi connectivity index (χ3n) is 4.96. The molecule has 0 radical (unpaired) electrons. The number of carbonyl (C=O) groups excluding carboxylic acids is 1. The molecule has 2 heterocycles. The summed E-state index contributed by atoms with van der Waals surface area (Å²) in [6, 6.07) is 12.6. The van der Waals surface area contributed by atoms with E-state index in [0.29, 0.717) is 22.3 Å². The van der Waals surface area contributed by atoms with Gasteiger partial charge >= 0.3 is 5.69 Å². The lowest BCUT2D eigenvalue weighted by Gasteiger charge is -2.22. The maximum atomic E-state index is 12.8. The van der Waals surface area contributed by atoms with E-state index >= 15 is 0 Å². The number of nitrogens with zero attached hydrogens (tertiary/aromatic N) is 3. The zero-order valence-electron chi connectivity index (χ0n) is 16.3. The predicted molar refractivity (Wildman–Crippen MR) is 119 cm³/mol. The molecule has 0 aliphatic heterocycles. The van der Waals surface area contributed by atoms with E-state index in [1.807, 2.05) is 18.2 Å². The third kappa shape index (κ3) is 4.91. The molecule has 1 aromatic carbocycles. The molecule has 1 N–H and O–H groups in total. The molecule has 0 bridgehead atoms. The largest absolute Gasteiger partial charge is 0.349 e. The Morgan fingerprint density at radius 3 is 2.70 bits per heavy atom. The molecule has 1 aliphatic rings. The first-order valence-corrected chi connectivity index (χ1v) is 11.2. The zero-order valence-corrected chi connectivity index (χ0v) is 17.9. The summed E-state index contributed by atoms with van der Waals surface area (Å²) >= 11 is 7.19. The lowest BCUT2D eigenvalue weighted by Crippen LogP contribution is -2.31. The molecule has 30 heavy (non-hydrogen) atoms. The van der Waals surface area contributed by atoms with Crippen molar-refractivity contribution in [3.05, 3.63) is 81.1 Å². The molecule has 0 unspecified atom stereocenters. The molecule has 3 aromatic rings. The van der Waals surface area contributed by atoms with Crippen molar-refractivity contribution in [2.75, 3.05) is 11.1 Å². The summed E-state index contributed by atoms with van der Waals surface area (Å²) in [5.74, 6) is 0.0394. The Morgan fingerprint density at radius 1 is 1.13 bits per heavy atom. The normalized spacial score (nSPS) is 13.0. The summed E-state index contributed by atoms with van der Waals surface area (Å²) in [7, 11) is 0. The van der Waals surface area contributed by atoms with Gasteiger partial charge in [0.15, 0.2) is 0 Å². The smallest absolute Gasteiger partial charge is 0.325 e. The monoisotopic (exact) mass is 440 g/mol. The molecule has 1 aliphatic carbocycles. The second kappa shape index (κ2) is 9.45. The SMILES string of the molecule is O=C(CSc1nc(=O)n(Cc2ccccn2)c2c1CCCC2)Nc1ccc(Cl)cc1. The van der Waals surface area contributed by atoms with E-state index in [4.69, 9.17) is 11.6 Å². The first kappa shape index (κ1) is 20.6. The molecule has 2 aromatic heterocycles. The van der Waals surface area contributed by atoms with Gasteiger partial charge in [-0.3, -0.25) is 14.3 Å². The molecule has 6 nitrogen and oxygen atoms in total. The van der Waals surface area contributed by atoms with Gasteiger partial charge in [0.2, 0.25) is 5.91 Å². The van der Waals surface area contributed by atoms with Crippen LogP contribution >= 0.6 is 23.4 Å². The van der Waals surface area contributed by atoms with Gasteiger partial charge in [0.1, 0.15) is 5.03 Å². The molecule has 8 heteroatoms. The molecular weight excluding hydrogens is 420 g/mol. The highest BCUT2D eigenvalue weighted by molar-refractivity contribution is 8.00. The number of fused-ring (bicyclic) bond motifs is 1. The van der Waals surface area contributed by atoms with Gasteiger partial charge in [-0.15, -0.1) is 0 Å². The molecule has 0 fully saturated rings. The van der Waals surface area contributed by atoms with Crippen LogP contribution in [0, 0.1) is 0 Å². The highest BCUT2D eigenvalue weighted by atomic mass is 35.5. The van der Waals surface area contributed by atoms with Crippen LogP contribution in [0.4, 0.5) is 5.69 Å². The van der Waals surface area contributed by atoms with Crippen LogP contribution < -0.4 is 11.0 Å². The highest BCUT2D eigenvalue weighted by Crippen LogP contribution is 2.28. The maximum absolute atomic E-state index is 12.8. The van der Waals surface area contributed by atoms with E-state index in [1.54, 1.807) is 35.0 Å². The van der Waals surface area contributed by atoms with Crippen molar-refractivity contribution < 1.29 is 4.79 Å². The molecule has 1 amide bonds. The number of rotatable bonds is 6. The van der Waals surface area contributed by atoms with E-state index in [1.165, 1.54) is 11.8 Å². The van der Waals surface area contributed by atoms with Crippen molar-refractivity contribution in [1.82, 2.24) is 14.5 Å². The van der Waals surface area contributed by atoms with Crippen LogP contribution in [0.25, 0.3) is 0 Å². The minimum Gasteiger partial charge on any atom is -0.325 e. The summed E-state index contributed by atoms with van der Waals surface area (Å²) in [6.45, 7) is 0.414. The van der Waals surface area contributed by atoms with Crippen LogP contribution in [0.15, 0.2) is 58.5 Å². The highest BCUT2D eigenvalue weighted by Gasteiger charge is 2.21. The van der Waals surface area contributed by atoms with Crippen LogP contribution in [0.3, 0.4) is 0 Å². The van der Waals surface area contributed by atoms with E-state index in [9.17, 15) is 9.59 Å². The Hall–Kier alpha value is -2.64. The maximum Gasteiger partial charge on any atom is 0.349 e. The van der Waals surface area contributed by atoms with Crippen molar-refractivity contribution >= 4 is 35.0 Å².